The summed E-state index contributed by atoms with van der Waals surface area (Å²) in [5, 5.41) is 0. The van der Waals surface area contributed by atoms with Gasteiger partial charge in [-0.05, 0) is 44.9 Å². The van der Waals surface area contributed by atoms with Crippen LogP contribution in [0.25, 0.3) is 0 Å². The Morgan fingerprint density at radius 3 is 2.40 bits per heavy atom. The summed E-state index contributed by atoms with van der Waals surface area (Å²) in [5.74, 6) is 0.839. The zero-order chi connectivity index (χ0) is 18.4. The Morgan fingerprint density at radius 2 is 1.84 bits per heavy atom. The normalized spacial score (nSPS) is 17.7. The number of methoxy groups -OCH3 is 1. The van der Waals surface area contributed by atoms with Crippen LogP contribution in [0.1, 0.15) is 38.8 Å². The second kappa shape index (κ2) is 8.54. The van der Waals surface area contributed by atoms with Gasteiger partial charge in [0.2, 0.25) is 0 Å². The fourth-order valence-electron chi connectivity index (χ4n) is 3.08. The van der Waals surface area contributed by atoms with Crippen LogP contribution in [0.3, 0.4) is 0 Å². The second-order valence-electron chi connectivity index (χ2n) is 7.38. The third-order valence-corrected chi connectivity index (χ3v) is 4.35. The summed E-state index contributed by atoms with van der Waals surface area (Å²) in [7, 11) is 1.66. The topological polar surface area (TPSA) is 68.0 Å². The first-order valence-corrected chi connectivity index (χ1v) is 8.90. The van der Waals surface area contributed by atoms with Crippen molar-refractivity contribution in [2.24, 2.45) is 5.73 Å². The third-order valence-electron chi connectivity index (χ3n) is 4.35. The van der Waals surface area contributed by atoms with Gasteiger partial charge in [0.25, 0.3) is 0 Å². The summed E-state index contributed by atoms with van der Waals surface area (Å²) in [6.45, 7) is 9.28. The SMILES string of the molecule is COc1ccc(C(CN)N2CCCN(C(=O)OC(C)(C)C)CC2)cc1. The number of carbonyl (C=O) groups excluding carboxylic acids is 1. The molecule has 0 bridgehead atoms. The first-order valence-electron chi connectivity index (χ1n) is 8.90. The molecular formula is C19H31N3O3. The first-order chi connectivity index (χ1) is 11.8. The van der Waals surface area contributed by atoms with Crippen LogP contribution in [-0.2, 0) is 4.74 Å². The van der Waals surface area contributed by atoms with Crippen molar-refractivity contribution in [1.29, 1.82) is 0 Å². The molecule has 1 saturated heterocycles. The quantitative estimate of drug-likeness (QED) is 0.905. The van der Waals surface area contributed by atoms with Crippen LogP contribution in [0, 0.1) is 0 Å². The van der Waals surface area contributed by atoms with Crippen molar-refractivity contribution in [2.45, 2.75) is 38.8 Å². The largest absolute Gasteiger partial charge is 0.497 e. The van der Waals surface area contributed by atoms with Crippen LogP contribution >= 0.6 is 0 Å². The van der Waals surface area contributed by atoms with Gasteiger partial charge in [0.05, 0.1) is 7.11 Å². The molecule has 2 N–H and O–H groups in total. The molecule has 1 heterocycles. The molecule has 0 saturated carbocycles. The van der Waals surface area contributed by atoms with Gasteiger partial charge in [-0.2, -0.15) is 0 Å². The fraction of sp³-hybridized carbons (Fsp3) is 0.632. The van der Waals surface area contributed by atoms with Crippen LogP contribution < -0.4 is 10.5 Å². The summed E-state index contributed by atoms with van der Waals surface area (Å²) in [4.78, 5) is 16.5. The number of nitrogens with two attached hydrogens (primary N) is 1. The predicted octanol–water partition coefficient (Wildman–Crippen LogP) is 2.64. The van der Waals surface area contributed by atoms with Crippen molar-refractivity contribution in [3.05, 3.63) is 29.8 Å². The van der Waals surface area contributed by atoms with E-state index in [9.17, 15) is 4.79 Å². The highest BCUT2D eigenvalue weighted by atomic mass is 16.6. The van der Waals surface area contributed by atoms with Crippen molar-refractivity contribution in [1.82, 2.24) is 9.80 Å². The lowest BCUT2D eigenvalue weighted by Gasteiger charge is -2.30. The molecule has 1 aliphatic heterocycles. The summed E-state index contributed by atoms with van der Waals surface area (Å²) in [6.07, 6.45) is 0.675. The molecule has 1 fully saturated rings. The van der Waals surface area contributed by atoms with E-state index >= 15 is 0 Å². The van der Waals surface area contributed by atoms with E-state index in [2.05, 4.69) is 17.0 Å². The molecule has 1 amide bonds. The van der Waals surface area contributed by atoms with Crippen molar-refractivity contribution in [3.8, 4) is 5.75 Å². The van der Waals surface area contributed by atoms with Crippen molar-refractivity contribution < 1.29 is 14.3 Å². The molecule has 25 heavy (non-hydrogen) atoms. The Labute approximate surface area is 150 Å². The smallest absolute Gasteiger partial charge is 0.410 e. The molecule has 6 heteroatoms. The maximum Gasteiger partial charge on any atom is 0.410 e. The molecule has 0 radical (unpaired) electrons. The number of hydrogen-bond donors (Lipinski definition) is 1. The Hall–Kier alpha value is -1.79. The van der Waals surface area contributed by atoms with Gasteiger partial charge in [-0.1, -0.05) is 12.1 Å². The molecule has 1 aromatic rings. The Morgan fingerprint density at radius 1 is 1.16 bits per heavy atom. The summed E-state index contributed by atoms with van der Waals surface area (Å²) >= 11 is 0. The molecule has 0 spiro atoms. The zero-order valence-electron chi connectivity index (χ0n) is 15.8. The minimum Gasteiger partial charge on any atom is -0.497 e. The van der Waals surface area contributed by atoms with E-state index < -0.39 is 5.60 Å². The van der Waals surface area contributed by atoms with Crippen molar-refractivity contribution in [2.75, 3.05) is 39.8 Å². The highest BCUT2D eigenvalue weighted by Gasteiger charge is 2.27. The van der Waals surface area contributed by atoms with Gasteiger partial charge in [0, 0.05) is 38.8 Å². The molecule has 0 aliphatic carbocycles. The highest BCUT2D eigenvalue weighted by Crippen LogP contribution is 2.24. The van der Waals surface area contributed by atoms with Gasteiger partial charge >= 0.3 is 6.09 Å². The lowest BCUT2D eigenvalue weighted by atomic mass is 10.0. The summed E-state index contributed by atoms with van der Waals surface area (Å²) in [5.41, 5.74) is 6.77. The lowest BCUT2D eigenvalue weighted by Crippen LogP contribution is -2.40. The number of ether oxygens (including phenoxy) is 2. The maximum absolute atomic E-state index is 12.3. The average molecular weight is 349 g/mol. The highest BCUT2D eigenvalue weighted by molar-refractivity contribution is 5.68. The summed E-state index contributed by atoms with van der Waals surface area (Å²) < 4.78 is 10.7. The molecule has 2 rings (SSSR count). The molecule has 1 atom stereocenters. The minimum absolute atomic E-state index is 0.143. The van der Waals surface area contributed by atoms with E-state index in [0.717, 1.165) is 25.3 Å². The van der Waals surface area contributed by atoms with Crippen LogP contribution in [0.4, 0.5) is 4.79 Å². The van der Waals surface area contributed by atoms with E-state index in [-0.39, 0.29) is 12.1 Å². The van der Waals surface area contributed by atoms with E-state index in [0.29, 0.717) is 19.6 Å². The number of benzene rings is 1. The molecule has 0 aromatic heterocycles. The lowest BCUT2D eigenvalue weighted by molar-refractivity contribution is 0.0255. The average Bonchev–Trinajstić information content (AvgIpc) is 2.81. The van der Waals surface area contributed by atoms with Gasteiger partial charge in [-0.3, -0.25) is 4.90 Å². The van der Waals surface area contributed by atoms with Crippen molar-refractivity contribution in [3.63, 3.8) is 0 Å². The second-order valence-corrected chi connectivity index (χ2v) is 7.38. The Bertz CT molecular complexity index is 554. The van der Waals surface area contributed by atoms with E-state index in [1.165, 1.54) is 5.56 Å². The molecule has 1 aromatic carbocycles. The number of carbonyl (C=O) groups is 1. The molecule has 140 valence electrons. The number of rotatable bonds is 4. The van der Waals surface area contributed by atoms with Crippen LogP contribution in [0.5, 0.6) is 5.75 Å². The summed E-state index contributed by atoms with van der Waals surface area (Å²) in [6, 6.07) is 8.19. The zero-order valence-corrected chi connectivity index (χ0v) is 15.8. The third kappa shape index (κ3) is 5.61. The van der Waals surface area contributed by atoms with Gasteiger partial charge in [-0.25, -0.2) is 4.79 Å². The van der Waals surface area contributed by atoms with E-state index in [4.69, 9.17) is 15.2 Å². The minimum atomic E-state index is -0.466. The first kappa shape index (κ1) is 19.5. The standard InChI is InChI=1S/C19H31N3O3/c1-19(2,3)25-18(23)22-11-5-10-21(12-13-22)17(14-20)15-6-8-16(24-4)9-7-15/h6-9,17H,5,10-14,20H2,1-4H3. The van der Waals surface area contributed by atoms with Gasteiger partial charge < -0.3 is 20.1 Å². The number of hydrogen-bond acceptors (Lipinski definition) is 5. The van der Waals surface area contributed by atoms with Gasteiger partial charge in [0.1, 0.15) is 11.4 Å². The Kier molecular flexibility index (Phi) is 6.67. The molecule has 1 unspecified atom stereocenters. The molecular weight excluding hydrogens is 318 g/mol. The number of amides is 1. The fourth-order valence-corrected chi connectivity index (χ4v) is 3.08. The van der Waals surface area contributed by atoms with Crippen molar-refractivity contribution >= 4 is 6.09 Å². The number of nitrogens with zero attached hydrogens (tertiary/aromatic N) is 2. The molecule has 1 aliphatic rings. The predicted molar refractivity (Wildman–Crippen MR) is 98.8 cm³/mol. The monoisotopic (exact) mass is 349 g/mol. The van der Waals surface area contributed by atoms with Gasteiger partial charge in [-0.15, -0.1) is 0 Å². The molecule has 6 nitrogen and oxygen atoms in total. The van der Waals surface area contributed by atoms with Crippen LogP contribution in [0.2, 0.25) is 0 Å². The van der Waals surface area contributed by atoms with Crippen LogP contribution in [-0.4, -0.2) is 61.3 Å². The van der Waals surface area contributed by atoms with E-state index in [1.807, 2.05) is 32.9 Å². The van der Waals surface area contributed by atoms with E-state index in [1.54, 1.807) is 12.0 Å². The maximum atomic E-state index is 12.3. The van der Waals surface area contributed by atoms with Gasteiger partial charge in [0.15, 0.2) is 0 Å². The van der Waals surface area contributed by atoms with Crippen LogP contribution in [0.15, 0.2) is 24.3 Å². The Balaban J connectivity index is 2.01.